The third kappa shape index (κ3) is 4.92. The van der Waals surface area contributed by atoms with E-state index in [4.69, 9.17) is 14.2 Å². The van der Waals surface area contributed by atoms with Crippen LogP contribution in [0.2, 0.25) is 0 Å². The molecule has 0 unspecified atom stereocenters. The Bertz CT molecular complexity index is 1070. The fourth-order valence-electron chi connectivity index (χ4n) is 2.51. The Labute approximate surface area is 172 Å². The second kappa shape index (κ2) is 9.04. The van der Waals surface area contributed by atoms with Crippen LogP contribution >= 0.6 is 11.3 Å². The summed E-state index contributed by atoms with van der Waals surface area (Å²) in [6.07, 6.45) is 0.719. The molecule has 29 heavy (non-hydrogen) atoms. The fraction of sp³-hybridized carbons (Fsp3) is 0.400. The SMILES string of the molecule is CCc1nn2c(=O)cc(COC(=O)c3ccc(OCC(C)C)c(OC)c3)nc2s1. The molecule has 0 aliphatic rings. The van der Waals surface area contributed by atoms with Crippen LogP contribution in [-0.4, -0.2) is 34.3 Å². The topological polar surface area (TPSA) is 92.0 Å². The zero-order valence-corrected chi connectivity index (χ0v) is 17.6. The predicted octanol–water partition coefficient (Wildman–Crippen LogP) is 3.11. The van der Waals surface area contributed by atoms with Gasteiger partial charge in [-0.25, -0.2) is 9.78 Å². The van der Waals surface area contributed by atoms with Crippen molar-refractivity contribution in [1.82, 2.24) is 14.6 Å². The number of nitrogens with zero attached hydrogens (tertiary/aromatic N) is 3. The summed E-state index contributed by atoms with van der Waals surface area (Å²) in [5.41, 5.74) is 0.395. The van der Waals surface area contributed by atoms with Gasteiger partial charge in [-0.1, -0.05) is 32.1 Å². The molecule has 8 nitrogen and oxygen atoms in total. The Hall–Kier alpha value is -2.94. The van der Waals surface area contributed by atoms with Gasteiger partial charge < -0.3 is 14.2 Å². The number of ether oxygens (including phenoxy) is 3. The molecule has 1 aromatic carbocycles. The smallest absolute Gasteiger partial charge is 0.338 e. The van der Waals surface area contributed by atoms with E-state index in [1.165, 1.54) is 29.0 Å². The normalized spacial score (nSPS) is 11.1. The lowest BCUT2D eigenvalue weighted by Gasteiger charge is -2.13. The zero-order chi connectivity index (χ0) is 21.0. The summed E-state index contributed by atoms with van der Waals surface area (Å²) in [5.74, 6) is 0.842. The van der Waals surface area contributed by atoms with E-state index in [2.05, 4.69) is 10.1 Å². The highest BCUT2D eigenvalue weighted by atomic mass is 32.1. The molecule has 2 aromatic heterocycles. The van der Waals surface area contributed by atoms with Gasteiger partial charge in [0.25, 0.3) is 5.56 Å². The summed E-state index contributed by atoms with van der Waals surface area (Å²) in [5, 5.41) is 5.01. The van der Waals surface area contributed by atoms with Gasteiger partial charge in [0.1, 0.15) is 11.6 Å². The van der Waals surface area contributed by atoms with Gasteiger partial charge in [-0.3, -0.25) is 4.79 Å². The van der Waals surface area contributed by atoms with E-state index in [-0.39, 0.29) is 12.2 Å². The Morgan fingerprint density at radius 2 is 2.03 bits per heavy atom. The van der Waals surface area contributed by atoms with E-state index in [1.807, 2.05) is 20.8 Å². The van der Waals surface area contributed by atoms with Crippen LogP contribution in [0, 0.1) is 5.92 Å². The van der Waals surface area contributed by atoms with E-state index >= 15 is 0 Å². The van der Waals surface area contributed by atoms with Crippen LogP contribution in [0.25, 0.3) is 4.96 Å². The molecule has 3 aromatic rings. The maximum Gasteiger partial charge on any atom is 0.338 e. The number of benzene rings is 1. The summed E-state index contributed by atoms with van der Waals surface area (Å²) in [4.78, 5) is 29.4. The number of fused-ring (bicyclic) bond motifs is 1. The summed E-state index contributed by atoms with van der Waals surface area (Å²) in [6, 6.07) is 6.18. The maximum absolute atomic E-state index is 12.4. The van der Waals surface area contributed by atoms with Gasteiger partial charge >= 0.3 is 5.97 Å². The minimum atomic E-state index is -0.542. The van der Waals surface area contributed by atoms with Crippen molar-refractivity contribution in [1.29, 1.82) is 0 Å². The van der Waals surface area contributed by atoms with E-state index < -0.39 is 5.97 Å². The van der Waals surface area contributed by atoms with Gasteiger partial charge in [0, 0.05) is 6.07 Å². The average molecular weight is 417 g/mol. The zero-order valence-electron chi connectivity index (χ0n) is 16.8. The van der Waals surface area contributed by atoms with Gasteiger partial charge in [-0.05, 0) is 30.5 Å². The summed E-state index contributed by atoms with van der Waals surface area (Å²) < 4.78 is 17.6. The van der Waals surface area contributed by atoms with Crippen LogP contribution in [0.4, 0.5) is 0 Å². The summed E-state index contributed by atoms with van der Waals surface area (Å²) in [7, 11) is 1.51. The molecular formula is C20H23N3O5S. The van der Waals surface area contributed by atoms with Crippen LogP contribution < -0.4 is 15.0 Å². The Morgan fingerprint density at radius 3 is 2.72 bits per heavy atom. The van der Waals surface area contributed by atoms with Crippen molar-refractivity contribution in [3.63, 3.8) is 0 Å². The predicted molar refractivity (Wildman–Crippen MR) is 109 cm³/mol. The minimum absolute atomic E-state index is 0.113. The number of hydrogen-bond donors (Lipinski definition) is 0. The van der Waals surface area contributed by atoms with Crippen molar-refractivity contribution < 1.29 is 19.0 Å². The standard InChI is InChI=1S/C20H23N3O5S/c1-5-17-22-23-18(24)9-14(21-20(23)29-17)11-28-19(25)13-6-7-15(16(8-13)26-4)27-10-12(2)3/h6-9,12H,5,10-11H2,1-4H3. The van der Waals surface area contributed by atoms with Crippen molar-refractivity contribution in [2.75, 3.05) is 13.7 Å². The lowest BCUT2D eigenvalue weighted by molar-refractivity contribution is 0.0467. The van der Waals surface area contributed by atoms with Crippen molar-refractivity contribution in [2.45, 2.75) is 33.8 Å². The lowest BCUT2D eigenvalue weighted by atomic mass is 10.2. The molecule has 9 heteroatoms. The first kappa shape index (κ1) is 20.8. The largest absolute Gasteiger partial charge is 0.493 e. The molecular weight excluding hydrogens is 394 g/mol. The third-order valence-corrected chi connectivity index (χ3v) is 5.02. The number of carbonyl (C=O) groups is 1. The number of methoxy groups -OCH3 is 1. The van der Waals surface area contributed by atoms with E-state index in [0.717, 1.165) is 11.4 Å². The highest BCUT2D eigenvalue weighted by Crippen LogP contribution is 2.29. The van der Waals surface area contributed by atoms with E-state index in [0.29, 0.717) is 40.2 Å². The molecule has 3 rings (SSSR count). The Morgan fingerprint density at radius 1 is 1.24 bits per heavy atom. The summed E-state index contributed by atoms with van der Waals surface area (Å²) >= 11 is 1.34. The Balaban J connectivity index is 1.72. The monoisotopic (exact) mass is 417 g/mol. The van der Waals surface area contributed by atoms with E-state index in [1.54, 1.807) is 18.2 Å². The minimum Gasteiger partial charge on any atom is -0.493 e. The van der Waals surface area contributed by atoms with Crippen molar-refractivity contribution in [2.24, 2.45) is 5.92 Å². The molecule has 154 valence electrons. The number of hydrogen-bond acceptors (Lipinski definition) is 8. The van der Waals surface area contributed by atoms with Crippen LogP contribution in [0.15, 0.2) is 29.1 Å². The third-order valence-electron chi connectivity index (χ3n) is 3.97. The van der Waals surface area contributed by atoms with Crippen LogP contribution in [-0.2, 0) is 17.8 Å². The van der Waals surface area contributed by atoms with Gasteiger partial charge in [0.05, 0.1) is 25.0 Å². The van der Waals surface area contributed by atoms with Gasteiger partial charge in [-0.2, -0.15) is 9.61 Å². The van der Waals surface area contributed by atoms with Crippen molar-refractivity contribution in [3.05, 3.63) is 50.9 Å². The number of esters is 1. The molecule has 0 saturated heterocycles. The molecule has 0 aliphatic heterocycles. The molecule has 0 bridgehead atoms. The second-order valence-corrected chi connectivity index (χ2v) is 7.82. The summed E-state index contributed by atoms with van der Waals surface area (Å²) in [6.45, 7) is 6.48. The van der Waals surface area contributed by atoms with Crippen LogP contribution in [0.3, 0.4) is 0 Å². The lowest BCUT2D eigenvalue weighted by Crippen LogP contribution is -2.16. The number of carbonyl (C=O) groups excluding carboxylic acids is 1. The molecule has 0 atom stereocenters. The fourth-order valence-corrected chi connectivity index (χ4v) is 3.36. The second-order valence-electron chi connectivity index (χ2n) is 6.78. The molecule has 0 amide bonds. The highest BCUT2D eigenvalue weighted by molar-refractivity contribution is 7.16. The molecule has 0 spiro atoms. The highest BCUT2D eigenvalue weighted by Gasteiger charge is 2.14. The quantitative estimate of drug-likeness (QED) is 0.520. The number of aryl methyl sites for hydroxylation is 1. The van der Waals surface area contributed by atoms with E-state index in [9.17, 15) is 9.59 Å². The Kier molecular flexibility index (Phi) is 6.48. The number of aromatic nitrogens is 3. The van der Waals surface area contributed by atoms with Gasteiger partial charge in [0.2, 0.25) is 4.96 Å². The molecule has 0 fully saturated rings. The number of rotatable bonds is 8. The van der Waals surface area contributed by atoms with Crippen molar-refractivity contribution >= 4 is 22.3 Å². The maximum atomic E-state index is 12.4. The molecule has 0 saturated carbocycles. The first-order chi connectivity index (χ1) is 13.9. The molecule has 2 heterocycles. The molecule has 0 radical (unpaired) electrons. The molecule has 0 N–H and O–H groups in total. The first-order valence-electron chi connectivity index (χ1n) is 9.28. The van der Waals surface area contributed by atoms with Gasteiger partial charge in [-0.15, -0.1) is 0 Å². The van der Waals surface area contributed by atoms with Crippen LogP contribution in [0.5, 0.6) is 11.5 Å². The van der Waals surface area contributed by atoms with Gasteiger partial charge in [0.15, 0.2) is 11.5 Å². The average Bonchev–Trinajstić information content (AvgIpc) is 3.14. The van der Waals surface area contributed by atoms with Crippen LogP contribution in [0.1, 0.15) is 41.8 Å². The first-order valence-corrected chi connectivity index (χ1v) is 10.1. The van der Waals surface area contributed by atoms with Crippen molar-refractivity contribution in [3.8, 4) is 11.5 Å². The molecule has 0 aliphatic carbocycles.